The Kier molecular flexibility index (Phi) is 6.26. The first-order valence-electron chi connectivity index (χ1n) is 9.47. The molecule has 2 rings (SSSR count). The summed E-state index contributed by atoms with van der Waals surface area (Å²) in [6, 6.07) is 3.36. The van der Waals surface area contributed by atoms with E-state index < -0.39 is 0 Å². The monoisotopic (exact) mass is 341 g/mol. The molecule has 0 saturated carbocycles. The van der Waals surface area contributed by atoms with Crippen molar-refractivity contribution in [3.8, 4) is 0 Å². The second kappa shape index (κ2) is 8.03. The van der Waals surface area contributed by atoms with E-state index in [1.165, 1.54) is 0 Å². The summed E-state index contributed by atoms with van der Waals surface area (Å²) >= 11 is 0. The summed E-state index contributed by atoms with van der Waals surface area (Å²) < 4.78 is 14.3. The van der Waals surface area contributed by atoms with E-state index in [0.29, 0.717) is 5.92 Å². The second-order valence-corrected chi connectivity index (χ2v) is 7.39. The minimum Gasteiger partial charge on any atom is -0.376 e. The van der Waals surface area contributed by atoms with E-state index in [0.717, 1.165) is 53.6 Å². The van der Waals surface area contributed by atoms with Gasteiger partial charge in [0.25, 0.3) is 0 Å². The van der Waals surface area contributed by atoms with Crippen molar-refractivity contribution in [1.29, 1.82) is 0 Å². The molecule has 0 saturated heterocycles. The van der Waals surface area contributed by atoms with Gasteiger partial charge in [0.1, 0.15) is 5.82 Å². The van der Waals surface area contributed by atoms with Crippen LogP contribution in [-0.2, 0) is 0 Å². The summed E-state index contributed by atoms with van der Waals surface area (Å²) in [5, 5.41) is 3.75. The molecule has 25 heavy (non-hydrogen) atoms. The maximum absolute atomic E-state index is 14.3. The van der Waals surface area contributed by atoms with Crippen LogP contribution >= 0.6 is 0 Å². The zero-order chi connectivity index (χ0) is 18.6. The molecular formula is C23H32FN. The highest BCUT2D eigenvalue weighted by Gasteiger charge is 2.27. The van der Waals surface area contributed by atoms with Gasteiger partial charge in [0.05, 0.1) is 5.54 Å². The number of hydrogen-bond donors (Lipinski definition) is 1. The number of halogens is 1. The predicted molar refractivity (Wildman–Crippen MR) is 108 cm³/mol. The maximum Gasteiger partial charge on any atom is 0.124 e. The Bertz CT molecular complexity index is 698. The van der Waals surface area contributed by atoms with Crippen LogP contribution in [0, 0.1) is 5.82 Å². The molecule has 136 valence electrons. The molecular weight excluding hydrogens is 309 g/mol. The zero-order valence-corrected chi connectivity index (χ0v) is 16.4. The van der Waals surface area contributed by atoms with Crippen LogP contribution in [0.4, 0.5) is 4.39 Å². The standard InChI is InChI=1S/C23H32FN/c1-7-13-23(6,9-3)25-21-12-10-11-17(8-2)20-15-18(24)14-19(16(4)5)22(20)21/h7,12-15,17,25H,4,8-11H2,1-3,5-6H3/b13-7+. The van der Waals surface area contributed by atoms with Gasteiger partial charge in [-0.1, -0.05) is 44.2 Å². The lowest BCUT2D eigenvalue weighted by molar-refractivity contribution is 0.492. The highest BCUT2D eigenvalue weighted by Crippen LogP contribution is 2.39. The van der Waals surface area contributed by atoms with Crippen molar-refractivity contribution in [3.05, 3.63) is 59.4 Å². The van der Waals surface area contributed by atoms with Gasteiger partial charge in [0.15, 0.2) is 0 Å². The number of rotatable bonds is 6. The normalized spacial score (nSPS) is 19.8. The van der Waals surface area contributed by atoms with Crippen LogP contribution in [0.15, 0.2) is 36.9 Å². The summed E-state index contributed by atoms with van der Waals surface area (Å²) in [6.45, 7) is 14.7. The molecule has 1 aliphatic carbocycles. The molecule has 1 aliphatic rings. The Morgan fingerprint density at radius 3 is 2.68 bits per heavy atom. The molecule has 1 aromatic rings. The smallest absolute Gasteiger partial charge is 0.124 e. The minimum absolute atomic E-state index is 0.120. The number of benzene rings is 1. The third-order valence-electron chi connectivity index (χ3n) is 5.35. The number of hydrogen-bond acceptors (Lipinski definition) is 1. The second-order valence-electron chi connectivity index (χ2n) is 7.39. The van der Waals surface area contributed by atoms with Crippen molar-refractivity contribution in [2.45, 2.75) is 71.8 Å². The van der Waals surface area contributed by atoms with Gasteiger partial charge in [0.2, 0.25) is 0 Å². The highest BCUT2D eigenvalue weighted by molar-refractivity contribution is 5.80. The van der Waals surface area contributed by atoms with E-state index >= 15 is 0 Å². The fourth-order valence-corrected chi connectivity index (χ4v) is 3.73. The topological polar surface area (TPSA) is 12.0 Å². The number of fused-ring (bicyclic) bond motifs is 1. The van der Waals surface area contributed by atoms with Gasteiger partial charge in [-0.25, -0.2) is 4.39 Å². The van der Waals surface area contributed by atoms with Crippen molar-refractivity contribution in [3.63, 3.8) is 0 Å². The average molecular weight is 342 g/mol. The first-order chi connectivity index (χ1) is 11.8. The third-order valence-corrected chi connectivity index (χ3v) is 5.35. The summed E-state index contributed by atoms with van der Waals surface area (Å²) in [6.07, 6.45) is 10.6. The van der Waals surface area contributed by atoms with E-state index in [4.69, 9.17) is 0 Å². The van der Waals surface area contributed by atoms with Crippen molar-refractivity contribution in [2.24, 2.45) is 0 Å². The SMILES string of the molecule is C=C(C)c1cc(F)cc2c1C(NC(C)(/C=C/C)CC)=CCCC2CC. The molecule has 0 fully saturated rings. The molecule has 2 heteroatoms. The van der Waals surface area contributed by atoms with E-state index in [9.17, 15) is 4.39 Å². The molecule has 0 heterocycles. The molecule has 2 atom stereocenters. The van der Waals surface area contributed by atoms with Crippen molar-refractivity contribution < 1.29 is 4.39 Å². The fraction of sp³-hybridized carbons (Fsp3) is 0.478. The average Bonchev–Trinajstić information content (AvgIpc) is 2.73. The highest BCUT2D eigenvalue weighted by atomic mass is 19.1. The van der Waals surface area contributed by atoms with Crippen LogP contribution < -0.4 is 5.32 Å². The molecule has 0 aromatic heterocycles. The Hall–Kier alpha value is -1.83. The maximum atomic E-state index is 14.3. The number of nitrogens with one attached hydrogen (secondary N) is 1. The van der Waals surface area contributed by atoms with E-state index in [2.05, 4.69) is 50.9 Å². The van der Waals surface area contributed by atoms with Gasteiger partial charge >= 0.3 is 0 Å². The summed E-state index contributed by atoms with van der Waals surface area (Å²) in [4.78, 5) is 0. The van der Waals surface area contributed by atoms with Crippen LogP contribution in [0.25, 0.3) is 11.3 Å². The minimum atomic E-state index is -0.164. The summed E-state index contributed by atoms with van der Waals surface area (Å²) in [5.74, 6) is 0.220. The van der Waals surface area contributed by atoms with Gasteiger partial charge < -0.3 is 5.32 Å². The third kappa shape index (κ3) is 4.23. The fourth-order valence-electron chi connectivity index (χ4n) is 3.73. The molecule has 1 nitrogen and oxygen atoms in total. The first kappa shape index (κ1) is 19.5. The van der Waals surface area contributed by atoms with Crippen molar-refractivity contribution in [2.75, 3.05) is 0 Å². The Morgan fingerprint density at radius 1 is 1.40 bits per heavy atom. The largest absolute Gasteiger partial charge is 0.376 e. The molecule has 0 bridgehead atoms. The molecule has 0 radical (unpaired) electrons. The zero-order valence-electron chi connectivity index (χ0n) is 16.4. The quantitative estimate of drug-likeness (QED) is 0.560. The lowest BCUT2D eigenvalue weighted by atomic mass is 9.85. The lowest BCUT2D eigenvalue weighted by Crippen LogP contribution is -2.38. The number of allylic oxidation sites excluding steroid dienone is 3. The predicted octanol–water partition coefficient (Wildman–Crippen LogP) is 6.82. The Balaban J connectivity index is 2.65. The van der Waals surface area contributed by atoms with Gasteiger partial charge in [-0.3, -0.25) is 0 Å². The lowest BCUT2D eigenvalue weighted by Gasteiger charge is -2.31. The summed E-state index contributed by atoms with van der Waals surface area (Å²) in [5.41, 5.74) is 5.09. The molecule has 0 spiro atoms. The van der Waals surface area contributed by atoms with E-state index in [-0.39, 0.29) is 11.4 Å². The van der Waals surface area contributed by atoms with Gasteiger partial charge in [-0.05, 0) is 75.6 Å². The van der Waals surface area contributed by atoms with Crippen molar-refractivity contribution >= 4 is 11.3 Å². The van der Waals surface area contributed by atoms with Crippen molar-refractivity contribution in [1.82, 2.24) is 5.32 Å². The van der Waals surface area contributed by atoms with Crippen LogP contribution in [0.1, 0.15) is 82.9 Å². The molecule has 2 unspecified atom stereocenters. The van der Waals surface area contributed by atoms with Crippen LogP contribution in [0.2, 0.25) is 0 Å². The molecule has 0 amide bonds. The van der Waals surface area contributed by atoms with Crippen LogP contribution in [0.5, 0.6) is 0 Å². The first-order valence-corrected chi connectivity index (χ1v) is 9.47. The van der Waals surface area contributed by atoms with Gasteiger partial charge in [-0.15, -0.1) is 0 Å². The molecule has 1 aromatic carbocycles. The van der Waals surface area contributed by atoms with Crippen LogP contribution in [-0.4, -0.2) is 5.54 Å². The van der Waals surface area contributed by atoms with Gasteiger partial charge in [-0.2, -0.15) is 0 Å². The van der Waals surface area contributed by atoms with Gasteiger partial charge in [0, 0.05) is 11.3 Å². The summed E-state index contributed by atoms with van der Waals surface area (Å²) in [7, 11) is 0. The molecule has 0 aliphatic heterocycles. The van der Waals surface area contributed by atoms with E-state index in [1.54, 1.807) is 12.1 Å². The van der Waals surface area contributed by atoms with E-state index in [1.807, 2.05) is 13.8 Å². The molecule has 1 N–H and O–H groups in total. The Morgan fingerprint density at radius 2 is 2.12 bits per heavy atom. The van der Waals surface area contributed by atoms with Crippen LogP contribution in [0.3, 0.4) is 0 Å². The Labute approximate surface area is 152 Å².